The lowest BCUT2D eigenvalue weighted by atomic mass is 9.82. The Morgan fingerprint density at radius 1 is 1.04 bits per heavy atom. The van der Waals surface area contributed by atoms with Crippen molar-refractivity contribution >= 4 is 21.7 Å². The molecule has 0 aliphatic carbocycles. The third kappa shape index (κ3) is 3.94. The molecule has 138 valence electrons. The topological polar surface area (TPSA) is 101 Å². The van der Waals surface area contributed by atoms with E-state index in [1.807, 2.05) is 0 Å². The molecular formula is C19H21NO5S. The monoisotopic (exact) mass is 375 g/mol. The van der Waals surface area contributed by atoms with Crippen molar-refractivity contribution in [3.05, 3.63) is 65.7 Å². The molecule has 1 atom stereocenters. The standard InChI is InChI=1S/C19H21NO5S/c1-3-26(24,25)16-12-8-7-11-15(16)17(21)20-13-19(2,18(22)23)14-9-5-4-6-10-14/h4-12H,3,13H2,1-2H3,(H,20,21)(H,22,23). The predicted octanol–water partition coefficient (Wildman–Crippen LogP) is 2.25. The first-order valence-corrected chi connectivity index (χ1v) is 9.76. The number of hydrogen-bond acceptors (Lipinski definition) is 4. The average molecular weight is 375 g/mol. The van der Waals surface area contributed by atoms with Crippen LogP contribution in [0.4, 0.5) is 0 Å². The van der Waals surface area contributed by atoms with Gasteiger partial charge in [0.25, 0.3) is 5.91 Å². The Morgan fingerprint density at radius 2 is 1.62 bits per heavy atom. The second kappa shape index (κ2) is 7.70. The molecule has 0 spiro atoms. The number of amides is 1. The number of carbonyl (C=O) groups excluding carboxylic acids is 1. The van der Waals surface area contributed by atoms with Crippen molar-refractivity contribution in [1.29, 1.82) is 0 Å². The zero-order valence-corrected chi connectivity index (χ0v) is 15.4. The number of carboxylic acids is 1. The number of carboxylic acid groups (broad SMARTS) is 1. The molecule has 1 unspecified atom stereocenters. The molecule has 2 aromatic rings. The van der Waals surface area contributed by atoms with E-state index in [4.69, 9.17) is 0 Å². The van der Waals surface area contributed by atoms with Crippen LogP contribution in [0.3, 0.4) is 0 Å². The molecule has 7 heteroatoms. The Hall–Kier alpha value is -2.67. The maximum absolute atomic E-state index is 12.6. The minimum Gasteiger partial charge on any atom is -0.481 e. The van der Waals surface area contributed by atoms with E-state index in [1.165, 1.54) is 26.0 Å². The van der Waals surface area contributed by atoms with Crippen LogP contribution in [0, 0.1) is 0 Å². The molecule has 0 saturated carbocycles. The van der Waals surface area contributed by atoms with E-state index in [2.05, 4.69) is 5.32 Å². The lowest BCUT2D eigenvalue weighted by Gasteiger charge is -2.26. The van der Waals surface area contributed by atoms with E-state index in [0.29, 0.717) is 5.56 Å². The first kappa shape index (κ1) is 19.7. The van der Waals surface area contributed by atoms with E-state index < -0.39 is 27.1 Å². The van der Waals surface area contributed by atoms with Gasteiger partial charge in [0.1, 0.15) is 5.41 Å². The highest BCUT2D eigenvalue weighted by molar-refractivity contribution is 7.91. The Labute approximate surface area is 152 Å². The normalized spacial score (nSPS) is 13.6. The van der Waals surface area contributed by atoms with Gasteiger partial charge in [0.2, 0.25) is 0 Å². The summed E-state index contributed by atoms with van der Waals surface area (Å²) in [5, 5.41) is 12.2. The largest absolute Gasteiger partial charge is 0.481 e. The first-order chi connectivity index (χ1) is 12.2. The molecule has 0 aromatic heterocycles. The number of rotatable bonds is 7. The Bertz CT molecular complexity index is 909. The van der Waals surface area contributed by atoms with Gasteiger partial charge >= 0.3 is 5.97 Å². The molecule has 0 aliphatic rings. The lowest BCUT2D eigenvalue weighted by Crippen LogP contribution is -2.44. The van der Waals surface area contributed by atoms with Gasteiger partial charge in [0.15, 0.2) is 9.84 Å². The van der Waals surface area contributed by atoms with Crippen molar-refractivity contribution in [3.8, 4) is 0 Å². The van der Waals surface area contributed by atoms with Gasteiger partial charge in [-0.05, 0) is 24.6 Å². The van der Waals surface area contributed by atoms with Crippen molar-refractivity contribution in [2.45, 2.75) is 24.2 Å². The third-order valence-corrected chi connectivity index (χ3v) is 6.12. The molecule has 6 nitrogen and oxygen atoms in total. The number of nitrogens with one attached hydrogen (secondary N) is 1. The van der Waals surface area contributed by atoms with E-state index in [9.17, 15) is 23.1 Å². The second-order valence-electron chi connectivity index (χ2n) is 6.09. The van der Waals surface area contributed by atoms with Crippen LogP contribution in [-0.4, -0.2) is 37.7 Å². The fourth-order valence-corrected chi connectivity index (χ4v) is 3.63. The highest BCUT2D eigenvalue weighted by Crippen LogP contribution is 2.24. The van der Waals surface area contributed by atoms with Crippen LogP contribution >= 0.6 is 0 Å². The SMILES string of the molecule is CCS(=O)(=O)c1ccccc1C(=O)NCC(C)(C(=O)O)c1ccccc1. The Kier molecular flexibility index (Phi) is 5.82. The number of aliphatic carboxylic acids is 1. The average Bonchev–Trinajstić information content (AvgIpc) is 2.66. The van der Waals surface area contributed by atoms with Crippen molar-refractivity contribution in [2.24, 2.45) is 0 Å². The highest BCUT2D eigenvalue weighted by Gasteiger charge is 2.36. The molecule has 0 radical (unpaired) electrons. The molecule has 0 bridgehead atoms. The molecule has 26 heavy (non-hydrogen) atoms. The smallest absolute Gasteiger partial charge is 0.315 e. The molecule has 2 N–H and O–H groups in total. The maximum atomic E-state index is 12.6. The third-order valence-electron chi connectivity index (χ3n) is 4.33. The number of carbonyl (C=O) groups is 2. The fourth-order valence-electron chi connectivity index (χ4n) is 2.54. The van der Waals surface area contributed by atoms with E-state index >= 15 is 0 Å². The van der Waals surface area contributed by atoms with Gasteiger partial charge in [0, 0.05) is 6.54 Å². The Balaban J connectivity index is 2.30. The molecule has 1 amide bonds. The van der Waals surface area contributed by atoms with E-state index in [-0.39, 0.29) is 22.8 Å². The van der Waals surface area contributed by atoms with Crippen molar-refractivity contribution in [1.82, 2.24) is 5.32 Å². The minimum absolute atomic E-state index is 0.00940. The van der Waals surface area contributed by atoms with Crippen LogP contribution in [-0.2, 0) is 20.0 Å². The summed E-state index contributed by atoms with van der Waals surface area (Å²) >= 11 is 0. The summed E-state index contributed by atoms with van der Waals surface area (Å²) in [6.07, 6.45) is 0. The van der Waals surface area contributed by atoms with Crippen LogP contribution in [0.1, 0.15) is 29.8 Å². The highest BCUT2D eigenvalue weighted by atomic mass is 32.2. The van der Waals surface area contributed by atoms with Crippen molar-refractivity contribution in [2.75, 3.05) is 12.3 Å². The van der Waals surface area contributed by atoms with E-state index in [0.717, 1.165) is 0 Å². The number of sulfone groups is 1. The van der Waals surface area contributed by atoms with Crippen LogP contribution in [0.25, 0.3) is 0 Å². The van der Waals surface area contributed by atoms with Crippen molar-refractivity contribution < 1.29 is 23.1 Å². The Morgan fingerprint density at radius 3 is 2.19 bits per heavy atom. The number of benzene rings is 2. The van der Waals surface area contributed by atoms with Crippen LogP contribution in [0.15, 0.2) is 59.5 Å². The molecule has 0 aliphatic heterocycles. The second-order valence-corrected chi connectivity index (χ2v) is 8.33. The zero-order valence-electron chi connectivity index (χ0n) is 14.6. The summed E-state index contributed by atoms with van der Waals surface area (Å²) in [7, 11) is -3.57. The molecular weight excluding hydrogens is 354 g/mol. The van der Waals surface area contributed by atoms with Gasteiger partial charge in [-0.15, -0.1) is 0 Å². The maximum Gasteiger partial charge on any atom is 0.315 e. The van der Waals surface area contributed by atoms with Crippen LogP contribution in [0.5, 0.6) is 0 Å². The summed E-state index contributed by atoms with van der Waals surface area (Å²) in [6.45, 7) is 2.84. The molecule has 0 heterocycles. The van der Waals surface area contributed by atoms with Gasteiger partial charge in [-0.1, -0.05) is 49.4 Å². The van der Waals surface area contributed by atoms with Crippen molar-refractivity contribution in [3.63, 3.8) is 0 Å². The summed E-state index contributed by atoms with van der Waals surface area (Å²) in [5.41, 5.74) is -0.785. The van der Waals surface area contributed by atoms with Gasteiger partial charge < -0.3 is 10.4 Å². The molecule has 2 aromatic carbocycles. The molecule has 0 saturated heterocycles. The number of hydrogen-bond donors (Lipinski definition) is 2. The van der Waals surface area contributed by atoms with Crippen LogP contribution < -0.4 is 5.32 Å². The van der Waals surface area contributed by atoms with Gasteiger partial charge in [0.05, 0.1) is 16.2 Å². The molecule has 0 fully saturated rings. The summed E-state index contributed by atoms with van der Waals surface area (Å²) in [6, 6.07) is 14.5. The van der Waals surface area contributed by atoms with Gasteiger partial charge in [-0.3, -0.25) is 9.59 Å². The predicted molar refractivity (Wildman–Crippen MR) is 97.9 cm³/mol. The summed E-state index contributed by atoms with van der Waals surface area (Å²) in [5.74, 6) is -1.84. The zero-order chi connectivity index (χ0) is 19.4. The van der Waals surface area contributed by atoms with E-state index in [1.54, 1.807) is 42.5 Å². The minimum atomic E-state index is -3.57. The quantitative estimate of drug-likeness (QED) is 0.773. The lowest BCUT2D eigenvalue weighted by molar-refractivity contribution is -0.142. The summed E-state index contributed by atoms with van der Waals surface area (Å²) in [4.78, 5) is 24.3. The first-order valence-electron chi connectivity index (χ1n) is 8.11. The summed E-state index contributed by atoms with van der Waals surface area (Å²) < 4.78 is 24.4. The molecule has 2 rings (SSSR count). The van der Waals surface area contributed by atoms with Gasteiger partial charge in [-0.25, -0.2) is 8.42 Å². The van der Waals surface area contributed by atoms with Crippen LogP contribution in [0.2, 0.25) is 0 Å². The fraction of sp³-hybridized carbons (Fsp3) is 0.263. The van der Waals surface area contributed by atoms with Gasteiger partial charge in [-0.2, -0.15) is 0 Å².